The normalized spacial score (nSPS) is 10.5. The van der Waals surface area contributed by atoms with Crippen molar-refractivity contribution in [1.82, 2.24) is 9.97 Å². The van der Waals surface area contributed by atoms with Gasteiger partial charge in [0.2, 0.25) is 0 Å². The monoisotopic (exact) mass is 387 g/mol. The van der Waals surface area contributed by atoms with Crippen LogP contribution in [-0.4, -0.2) is 21.8 Å². The van der Waals surface area contributed by atoms with E-state index in [0.29, 0.717) is 22.6 Å². The van der Waals surface area contributed by atoms with Gasteiger partial charge in [-0.2, -0.15) is 0 Å². The number of halogens is 2. The third kappa shape index (κ3) is 4.30. The molecule has 3 aromatic rings. The molecule has 9 heteroatoms. The van der Waals surface area contributed by atoms with Crippen molar-refractivity contribution in [2.24, 2.45) is 5.73 Å². The van der Waals surface area contributed by atoms with E-state index in [2.05, 4.69) is 20.6 Å². The third-order valence-corrected chi connectivity index (χ3v) is 4.06. The lowest BCUT2D eigenvalue weighted by atomic mass is 10.1. The van der Waals surface area contributed by atoms with E-state index in [1.54, 1.807) is 18.2 Å². The fourth-order valence-electron chi connectivity index (χ4n) is 2.40. The molecule has 0 radical (unpaired) electrons. The first-order valence-corrected chi connectivity index (χ1v) is 8.25. The summed E-state index contributed by atoms with van der Waals surface area (Å²) in [5.41, 5.74) is 7.77. The molecule has 7 nitrogen and oxygen atoms in total. The van der Waals surface area contributed by atoms with Crippen molar-refractivity contribution in [3.63, 3.8) is 0 Å². The average molecular weight is 388 g/mol. The number of hydrogen-bond donors (Lipinski definition) is 4. The zero-order chi connectivity index (χ0) is 19.4. The molecule has 0 bridgehead atoms. The first-order chi connectivity index (χ1) is 13.0. The number of nitrogens with one attached hydrogen (secondary N) is 3. The fourth-order valence-corrected chi connectivity index (χ4v) is 2.66. The highest BCUT2D eigenvalue weighted by molar-refractivity contribution is 6.34. The smallest absolute Gasteiger partial charge is 0.273 e. The molecular formula is C18H15ClFN5O2. The van der Waals surface area contributed by atoms with E-state index in [1.165, 1.54) is 18.6 Å². The molecule has 0 saturated heterocycles. The summed E-state index contributed by atoms with van der Waals surface area (Å²) in [6.45, 7) is 0.126. The number of carbonyl (C=O) groups excluding carboxylic acids is 2. The number of carbonyl (C=O) groups is 2. The molecule has 0 aliphatic rings. The van der Waals surface area contributed by atoms with Crippen molar-refractivity contribution in [3.05, 3.63) is 76.6 Å². The topological polar surface area (TPSA) is 113 Å². The highest BCUT2D eigenvalue weighted by Gasteiger charge is 2.14. The third-order valence-electron chi connectivity index (χ3n) is 3.75. The van der Waals surface area contributed by atoms with Crippen LogP contribution >= 0.6 is 11.6 Å². The van der Waals surface area contributed by atoms with E-state index in [4.69, 9.17) is 17.3 Å². The quantitative estimate of drug-likeness (QED) is 0.538. The number of nitrogens with two attached hydrogens (primary N) is 1. The van der Waals surface area contributed by atoms with Crippen LogP contribution in [0.2, 0.25) is 5.02 Å². The van der Waals surface area contributed by atoms with Crippen LogP contribution in [0.25, 0.3) is 0 Å². The van der Waals surface area contributed by atoms with Crippen LogP contribution in [0.1, 0.15) is 26.4 Å². The summed E-state index contributed by atoms with van der Waals surface area (Å²) in [4.78, 5) is 30.9. The molecule has 0 unspecified atom stereocenters. The van der Waals surface area contributed by atoms with Gasteiger partial charge in [-0.3, -0.25) is 9.59 Å². The van der Waals surface area contributed by atoms with E-state index < -0.39 is 11.7 Å². The minimum absolute atomic E-state index is 0.00485. The predicted octanol–water partition coefficient (Wildman–Crippen LogP) is 3.17. The van der Waals surface area contributed by atoms with Gasteiger partial charge in [-0.1, -0.05) is 11.6 Å². The first-order valence-electron chi connectivity index (χ1n) is 7.87. The van der Waals surface area contributed by atoms with Crippen molar-refractivity contribution in [3.8, 4) is 0 Å². The molecule has 0 aliphatic heterocycles. The number of hydrogen-bond acceptors (Lipinski definition) is 4. The summed E-state index contributed by atoms with van der Waals surface area (Å²) >= 11 is 5.91. The molecule has 0 fully saturated rings. The van der Waals surface area contributed by atoms with E-state index >= 15 is 0 Å². The summed E-state index contributed by atoms with van der Waals surface area (Å²) in [6.07, 6.45) is 2.81. The Bertz CT molecular complexity index is 991. The molecule has 1 aromatic heterocycles. The van der Waals surface area contributed by atoms with Gasteiger partial charge in [-0.05, 0) is 42.0 Å². The number of nitrogens with zero attached hydrogens (tertiary/aromatic N) is 1. The van der Waals surface area contributed by atoms with Crippen LogP contribution in [0, 0.1) is 5.82 Å². The zero-order valence-electron chi connectivity index (χ0n) is 13.9. The zero-order valence-corrected chi connectivity index (χ0v) is 14.7. The van der Waals surface area contributed by atoms with E-state index in [-0.39, 0.29) is 23.0 Å². The highest BCUT2D eigenvalue weighted by atomic mass is 35.5. The number of amides is 2. The molecule has 27 heavy (non-hydrogen) atoms. The Balaban J connectivity index is 1.78. The molecular weight excluding hydrogens is 373 g/mol. The van der Waals surface area contributed by atoms with Gasteiger partial charge in [0.1, 0.15) is 11.5 Å². The van der Waals surface area contributed by atoms with Crippen LogP contribution in [0.4, 0.5) is 15.8 Å². The fraction of sp³-hybridized carbons (Fsp3) is 0.0556. The molecule has 0 saturated carbocycles. The Morgan fingerprint density at radius 2 is 1.96 bits per heavy atom. The molecule has 0 spiro atoms. The lowest BCUT2D eigenvalue weighted by Crippen LogP contribution is -2.16. The largest absolute Gasteiger partial charge is 0.341 e. The van der Waals surface area contributed by atoms with Gasteiger partial charge in [0.25, 0.3) is 11.8 Å². The standard InChI is InChI=1S/C18H15ClFN5O2/c19-14-6-11(20)1-3-13(14)17(26)25-15-4-2-12(5-10(15)7-21)24-18(27)16-8-22-9-23-16/h1-6,8-9H,7,21H2,(H,22,23)(H,24,27)(H,25,26). The molecule has 2 aromatic carbocycles. The predicted molar refractivity (Wildman–Crippen MR) is 100 cm³/mol. The number of benzene rings is 2. The van der Waals surface area contributed by atoms with E-state index in [0.717, 1.165) is 12.1 Å². The van der Waals surface area contributed by atoms with Crippen LogP contribution < -0.4 is 16.4 Å². The minimum Gasteiger partial charge on any atom is -0.341 e. The maximum absolute atomic E-state index is 13.1. The Labute approximate surface area is 158 Å². The molecule has 138 valence electrons. The molecule has 1 heterocycles. The van der Waals surface area contributed by atoms with Crippen molar-refractivity contribution < 1.29 is 14.0 Å². The van der Waals surface area contributed by atoms with Crippen molar-refractivity contribution in [2.45, 2.75) is 6.54 Å². The van der Waals surface area contributed by atoms with Crippen LogP contribution in [0.15, 0.2) is 48.9 Å². The second kappa shape index (κ2) is 7.98. The first kappa shape index (κ1) is 18.6. The summed E-state index contributed by atoms with van der Waals surface area (Å²) < 4.78 is 13.1. The molecule has 2 amide bonds. The number of aromatic nitrogens is 2. The van der Waals surface area contributed by atoms with Gasteiger partial charge >= 0.3 is 0 Å². The van der Waals surface area contributed by atoms with Crippen molar-refractivity contribution in [2.75, 3.05) is 10.6 Å². The maximum atomic E-state index is 13.1. The van der Waals surface area contributed by atoms with Gasteiger partial charge in [0.05, 0.1) is 23.1 Å². The summed E-state index contributed by atoms with van der Waals surface area (Å²) in [6, 6.07) is 8.40. The summed E-state index contributed by atoms with van der Waals surface area (Å²) in [7, 11) is 0. The second-order valence-electron chi connectivity index (χ2n) is 5.57. The number of rotatable bonds is 5. The summed E-state index contributed by atoms with van der Waals surface area (Å²) in [5, 5.41) is 5.40. The minimum atomic E-state index is -0.531. The lowest BCUT2D eigenvalue weighted by molar-refractivity contribution is 0.101. The Morgan fingerprint density at radius 3 is 2.63 bits per heavy atom. The van der Waals surface area contributed by atoms with Crippen LogP contribution in [0.5, 0.6) is 0 Å². The average Bonchev–Trinajstić information content (AvgIpc) is 3.17. The molecule has 3 rings (SSSR count). The highest BCUT2D eigenvalue weighted by Crippen LogP contribution is 2.23. The Morgan fingerprint density at radius 1 is 1.15 bits per heavy atom. The van der Waals surface area contributed by atoms with E-state index in [9.17, 15) is 14.0 Å². The Hall–Kier alpha value is -3.23. The lowest BCUT2D eigenvalue weighted by Gasteiger charge is -2.13. The second-order valence-corrected chi connectivity index (χ2v) is 5.98. The van der Waals surface area contributed by atoms with Crippen LogP contribution in [0.3, 0.4) is 0 Å². The van der Waals surface area contributed by atoms with Gasteiger partial charge in [-0.15, -0.1) is 0 Å². The van der Waals surface area contributed by atoms with Gasteiger partial charge in [0, 0.05) is 17.9 Å². The van der Waals surface area contributed by atoms with Gasteiger partial charge < -0.3 is 21.4 Å². The number of H-pyrrole nitrogens is 1. The van der Waals surface area contributed by atoms with Crippen molar-refractivity contribution >= 4 is 34.8 Å². The number of anilines is 2. The van der Waals surface area contributed by atoms with E-state index in [1.807, 2.05) is 0 Å². The van der Waals surface area contributed by atoms with Gasteiger partial charge in [0.15, 0.2) is 0 Å². The SMILES string of the molecule is NCc1cc(NC(=O)c2cnc[nH]2)ccc1NC(=O)c1ccc(F)cc1Cl. The number of aromatic amines is 1. The summed E-state index contributed by atoms with van der Waals surface area (Å²) in [5.74, 6) is -1.38. The van der Waals surface area contributed by atoms with Gasteiger partial charge in [-0.25, -0.2) is 9.37 Å². The molecule has 0 aliphatic carbocycles. The van der Waals surface area contributed by atoms with Crippen molar-refractivity contribution in [1.29, 1.82) is 0 Å². The molecule has 0 atom stereocenters. The maximum Gasteiger partial charge on any atom is 0.273 e. The van der Waals surface area contributed by atoms with Crippen LogP contribution in [-0.2, 0) is 6.54 Å². The molecule has 5 N–H and O–H groups in total. The number of imidazole rings is 1. The Kier molecular flexibility index (Phi) is 5.49.